The Balaban J connectivity index is 1.60. The molecular formula is C16H24N6O3S. The highest BCUT2D eigenvalue weighted by Gasteiger charge is 2.55. The molecule has 2 aromatic rings. The van der Waals surface area contributed by atoms with Gasteiger partial charge >= 0.3 is 0 Å². The molecule has 2 aromatic heterocycles. The number of ether oxygens (including phenoxy) is 3. The molecule has 2 aliphatic rings. The van der Waals surface area contributed by atoms with E-state index in [9.17, 15) is 0 Å². The first-order valence-electron chi connectivity index (χ1n) is 8.72. The summed E-state index contributed by atoms with van der Waals surface area (Å²) < 4.78 is 20.5. The van der Waals surface area contributed by atoms with Crippen molar-refractivity contribution in [1.29, 1.82) is 0 Å². The van der Waals surface area contributed by atoms with Gasteiger partial charge in [0.25, 0.3) is 0 Å². The number of nitrogens with two attached hydrogens (primary N) is 2. The van der Waals surface area contributed by atoms with Gasteiger partial charge in [0.2, 0.25) is 0 Å². The summed E-state index contributed by atoms with van der Waals surface area (Å²) in [6.07, 6.45) is 3.26. The summed E-state index contributed by atoms with van der Waals surface area (Å²) in [5.74, 6) is 1.52. The van der Waals surface area contributed by atoms with Gasteiger partial charge in [-0.25, -0.2) is 15.0 Å². The normalized spacial score (nSPS) is 30.1. The van der Waals surface area contributed by atoms with Crippen molar-refractivity contribution < 1.29 is 14.2 Å². The van der Waals surface area contributed by atoms with Crippen LogP contribution in [0.25, 0.3) is 11.2 Å². The minimum absolute atomic E-state index is 0.0776. The molecular weight excluding hydrogens is 356 g/mol. The van der Waals surface area contributed by atoms with Crippen molar-refractivity contribution in [3.05, 3.63) is 12.7 Å². The molecule has 0 spiro atoms. The summed E-state index contributed by atoms with van der Waals surface area (Å²) >= 11 is 1.82. The second-order valence-electron chi connectivity index (χ2n) is 6.93. The lowest BCUT2D eigenvalue weighted by atomic mass is 10.1. The smallest absolute Gasteiger partial charge is 0.167 e. The van der Waals surface area contributed by atoms with Gasteiger partial charge in [0.1, 0.15) is 24.1 Å². The van der Waals surface area contributed by atoms with Crippen LogP contribution >= 0.6 is 11.8 Å². The van der Waals surface area contributed by atoms with E-state index < -0.39 is 5.79 Å². The Bertz CT molecular complexity index is 784. The first kappa shape index (κ1) is 17.9. The fraction of sp³-hybridized carbons (Fsp3) is 0.688. The van der Waals surface area contributed by atoms with Gasteiger partial charge in [0.05, 0.1) is 12.4 Å². The van der Waals surface area contributed by atoms with Crippen molar-refractivity contribution in [1.82, 2.24) is 19.5 Å². The maximum Gasteiger partial charge on any atom is 0.167 e. The molecule has 0 radical (unpaired) electrons. The molecule has 4 N–H and O–H groups in total. The summed E-state index contributed by atoms with van der Waals surface area (Å²) in [5, 5.41) is 0. The quantitative estimate of drug-likeness (QED) is 0.704. The zero-order valence-corrected chi connectivity index (χ0v) is 15.7. The van der Waals surface area contributed by atoms with E-state index in [4.69, 9.17) is 25.7 Å². The maximum atomic E-state index is 6.31. The van der Waals surface area contributed by atoms with Crippen LogP contribution in [0.3, 0.4) is 0 Å². The van der Waals surface area contributed by atoms with Gasteiger partial charge in [0, 0.05) is 5.75 Å². The number of fused-ring (bicyclic) bond motifs is 2. The molecule has 142 valence electrons. The largest absolute Gasteiger partial charge is 0.382 e. The number of hydrogen-bond acceptors (Lipinski definition) is 9. The van der Waals surface area contributed by atoms with Gasteiger partial charge in [-0.1, -0.05) is 0 Å². The molecule has 0 unspecified atom stereocenters. The minimum Gasteiger partial charge on any atom is -0.382 e. The SMILES string of the molecule is CC1(C)O[C@H]2[C@H](O1)[C@@H](CSCCCN)O[C@H]2n1cnc2c(N)ncnc21. The fourth-order valence-electron chi connectivity index (χ4n) is 3.46. The van der Waals surface area contributed by atoms with E-state index in [0.717, 1.165) is 17.9 Å². The molecule has 4 heterocycles. The van der Waals surface area contributed by atoms with Crippen LogP contribution < -0.4 is 11.5 Å². The highest BCUT2D eigenvalue weighted by molar-refractivity contribution is 7.99. The van der Waals surface area contributed by atoms with Crippen LogP contribution in [-0.2, 0) is 14.2 Å². The van der Waals surface area contributed by atoms with Crippen molar-refractivity contribution in [3.63, 3.8) is 0 Å². The van der Waals surface area contributed by atoms with Crippen LogP contribution in [0.2, 0.25) is 0 Å². The highest BCUT2D eigenvalue weighted by atomic mass is 32.2. The summed E-state index contributed by atoms with van der Waals surface area (Å²) in [6, 6.07) is 0. The van der Waals surface area contributed by atoms with E-state index in [1.165, 1.54) is 6.33 Å². The monoisotopic (exact) mass is 380 g/mol. The molecule has 0 bridgehead atoms. The number of anilines is 1. The highest BCUT2D eigenvalue weighted by Crippen LogP contribution is 2.44. The average molecular weight is 380 g/mol. The molecule has 4 rings (SSSR count). The van der Waals surface area contributed by atoms with Crippen molar-refractivity contribution >= 4 is 28.7 Å². The lowest BCUT2D eigenvalue weighted by Crippen LogP contribution is -2.31. The molecule has 2 aliphatic heterocycles. The van der Waals surface area contributed by atoms with Crippen LogP contribution in [0, 0.1) is 0 Å². The molecule has 2 saturated heterocycles. The Morgan fingerprint density at radius 3 is 2.85 bits per heavy atom. The first-order chi connectivity index (χ1) is 12.5. The fourth-order valence-corrected chi connectivity index (χ4v) is 4.50. The molecule has 10 heteroatoms. The van der Waals surface area contributed by atoms with E-state index in [1.807, 2.05) is 30.2 Å². The van der Waals surface area contributed by atoms with Crippen molar-refractivity contribution in [2.24, 2.45) is 5.73 Å². The van der Waals surface area contributed by atoms with Crippen LogP contribution in [0.15, 0.2) is 12.7 Å². The number of nitrogens with zero attached hydrogens (tertiary/aromatic N) is 4. The van der Waals surface area contributed by atoms with Gasteiger partial charge in [0.15, 0.2) is 23.5 Å². The number of imidazole rings is 1. The first-order valence-corrected chi connectivity index (χ1v) is 9.87. The Labute approximate surface area is 155 Å². The van der Waals surface area contributed by atoms with Crippen LogP contribution in [-0.4, -0.2) is 61.7 Å². The van der Waals surface area contributed by atoms with Crippen molar-refractivity contribution in [2.75, 3.05) is 23.8 Å². The van der Waals surface area contributed by atoms with Gasteiger partial charge < -0.3 is 25.7 Å². The topological polar surface area (TPSA) is 123 Å². The molecule has 0 amide bonds. The molecule has 2 fully saturated rings. The second kappa shape index (κ2) is 6.93. The van der Waals surface area contributed by atoms with E-state index in [1.54, 1.807) is 6.33 Å². The Kier molecular flexibility index (Phi) is 4.78. The number of aromatic nitrogens is 4. The zero-order valence-electron chi connectivity index (χ0n) is 14.9. The lowest BCUT2D eigenvalue weighted by molar-refractivity contribution is -0.193. The third-order valence-electron chi connectivity index (χ3n) is 4.56. The summed E-state index contributed by atoms with van der Waals surface area (Å²) in [7, 11) is 0. The van der Waals surface area contributed by atoms with Crippen LogP contribution in [0.4, 0.5) is 5.82 Å². The number of rotatable bonds is 6. The molecule has 9 nitrogen and oxygen atoms in total. The zero-order chi connectivity index (χ0) is 18.3. The molecule has 0 aliphatic carbocycles. The number of nitrogen functional groups attached to an aromatic ring is 1. The lowest BCUT2D eigenvalue weighted by Gasteiger charge is -2.24. The van der Waals surface area contributed by atoms with Crippen LogP contribution in [0.5, 0.6) is 0 Å². The summed E-state index contributed by atoms with van der Waals surface area (Å²) in [6.45, 7) is 4.54. The van der Waals surface area contributed by atoms with E-state index in [-0.39, 0.29) is 24.5 Å². The Morgan fingerprint density at radius 1 is 1.23 bits per heavy atom. The predicted octanol–water partition coefficient (Wildman–Crippen LogP) is 0.908. The van der Waals surface area contributed by atoms with E-state index >= 15 is 0 Å². The van der Waals surface area contributed by atoms with Gasteiger partial charge in [-0.2, -0.15) is 11.8 Å². The van der Waals surface area contributed by atoms with Gasteiger partial charge in [-0.3, -0.25) is 4.57 Å². The Morgan fingerprint density at radius 2 is 2.04 bits per heavy atom. The van der Waals surface area contributed by atoms with Crippen LogP contribution in [0.1, 0.15) is 26.5 Å². The number of hydrogen-bond donors (Lipinski definition) is 2. The molecule has 4 atom stereocenters. The summed E-state index contributed by atoms with van der Waals surface area (Å²) in [5.41, 5.74) is 12.7. The number of thioether (sulfide) groups is 1. The van der Waals surface area contributed by atoms with Gasteiger partial charge in [-0.15, -0.1) is 0 Å². The predicted molar refractivity (Wildman–Crippen MR) is 98.5 cm³/mol. The molecule has 0 saturated carbocycles. The Hall–Kier alpha value is -1.46. The van der Waals surface area contributed by atoms with Gasteiger partial charge in [-0.05, 0) is 32.6 Å². The maximum absolute atomic E-state index is 6.31. The summed E-state index contributed by atoms with van der Waals surface area (Å²) in [4.78, 5) is 12.7. The minimum atomic E-state index is -0.651. The third-order valence-corrected chi connectivity index (χ3v) is 5.70. The molecule has 26 heavy (non-hydrogen) atoms. The van der Waals surface area contributed by atoms with Crippen molar-refractivity contribution in [2.45, 2.75) is 50.6 Å². The third kappa shape index (κ3) is 3.16. The molecule has 0 aromatic carbocycles. The van der Waals surface area contributed by atoms with E-state index in [0.29, 0.717) is 23.5 Å². The second-order valence-corrected chi connectivity index (χ2v) is 8.08. The van der Waals surface area contributed by atoms with Crippen molar-refractivity contribution in [3.8, 4) is 0 Å². The standard InChI is InChI=1S/C16H24N6O3S/c1-16(2)24-11-9(6-26-5-3-4-17)23-15(12(11)25-16)22-8-21-10-13(18)19-7-20-14(10)22/h7-9,11-12,15H,3-6,17H2,1-2H3,(H2,18,19,20)/t9-,11-,12+,15-/m1/s1. The van der Waals surface area contributed by atoms with E-state index in [2.05, 4.69) is 15.0 Å². The average Bonchev–Trinajstić information content (AvgIpc) is 3.24.